The number of imide groups is 1. The monoisotopic (exact) mass is 393 g/mol. The molecule has 1 saturated heterocycles. The predicted octanol–water partition coefficient (Wildman–Crippen LogP) is 2.26. The molecule has 0 aromatic heterocycles. The Hall–Kier alpha value is -3.17. The number of nitro groups is 1. The van der Waals surface area contributed by atoms with Crippen molar-refractivity contribution in [1.29, 1.82) is 0 Å². The normalized spacial score (nSPS) is 16.4. The molecule has 1 aromatic carbocycles. The third kappa shape index (κ3) is 4.96. The molecule has 1 atom stereocenters. The zero-order valence-electron chi connectivity index (χ0n) is 16.2. The van der Waals surface area contributed by atoms with E-state index in [-0.39, 0.29) is 17.0 Å². The molecule has 0 aliphatic carbocycles. The van der Waals surface area contributed by atoms with Crippen LogP contribution in [-0.2, 0) is 9.53 Å². The van der Waals surface area contributed by atoms with Crippen LogP contribution in [-0.4, -0.2) is 53.0 Å². The van der Waals surface area contributed by atoms with Crippen LogP contribution in [0.3, 0.4) is 0 Å². The number of ether oxygens (including phenoxy) is 2. The van der Waals surface area contributed by atoms with Gasteiger partial charge in [0.15, 0.2) is 0 Å². The molecule has 0 saturated carbocycles. The summed E-state index contributed by atoms with van der Waals surface area (Å²) in [6.45, 7) is 5.48. The number of carbonyl (C=O) groups is 3. The lowest BCUT2D eigenvalue weighted by Crippen LogP contribution is -2.49. The molecule has 1 aliphatic rings. The highest BCUT2D eigenvalue weighted by molar-refractivity contribution is 6.08. The molecule has 3 amide bonds. The Morgan fingerprint density at radius 1 is 1.29 bits per heavy atom. The van der Waals surface area contributed by atoms with E-state index in [1.54, 1.807) is 20.8 Å². The number of nitrogens with one attached hydrogen (secondary N) is 1. The van der Waals surface area contributed by atoms with Gasteiger partial charge in [0.05, 0.1) is 17.6 Å². The molecule has 2 rings (SSSR count). The van der Waals surface area contributed by atoms with Crippen molar-refractivity contribution >= 4 is 23.6 Å². The molecular weight excluding hydrogens is 370 g/mol. The summed E-state index contributed by atoms with van der Waals surface area (Å²) in [6.07, 6.45) is 0.335. The number of benzene rings is 1. The average molecular weight is 393 g/mol. The number of non-ortho nitro benzene ring substituents is 1. The number of nitrogens with zero attached hydrogens (tertiary/aromatic N) is 2. The highest BCUT2D eigenvalue weighted by Crippen LogP contribution is 2.25. The molecule has 28 heavy (non-hydrogen) atoms. The second-order valence-corrected chi connectivity index (χ2v) is 7.29. The lowest BCUT2D eigenvalue weighted by atomic mass is 10.1. The number of nitro benzene ring substituents is 1. The Morgan fingerprint density at radius 3 is 2.54 bits per heavy atom. The molecule has 0 radical (unpaired) electrons. The quantitative estimate of drug-likeness (QED) is 0.472. The van der Waals surface area contributed by atoms with Crippen molar-refractivity contribution in [2.75, 3.05) is 13.7 Å². The number of likely N-dealkylation sites (tertiary alicyclic amines) is 1. The summed E-state index contributed by atoms with van der Waals surface area (Å²) in [5.41, 5.74) is -1.17. The molecule has 0 unspecified atom stereocenters. The van der Waals surface area contributed by atoms with Crippen molar-refractivity contribution in [1.82, 2.24) is 10.2 Å². The van der Waals surface area contributed by atoms with Crippen molar-refractivity contribution in [2.24, 2.45) is 0 Å². The fourth-order valence-corrected chi connectivity index (χ4v) is 2.83. The van der Waals surface area contributed by atoms with Crippen LogP contribution in [0, 0.1) is 10.1 Å². The summed E-state index contributed by atoms with van der Waals surface area (Å²) < 4.78 is 10.3. The highest BCUT2D eigenvalue weighted by Gasteiger charge is 2.37. The zero-order chi connectivity index (χ0) is 21.1. The van der Waals surface area contributed by atoms with Gasteiger partial charge in [0.2, 0.25) is 5.91 Å². The highest BCUT2D eigenvalue weighted by atomic mass is 16.6. The maximum absolute atomic E-state index is 12.6. The van der Waals surface area contributed by atoms with Crippen molar-refractivity contribution in [3.8, 4) is 5.75 Å². The van der Waals surface area contributed by atoms with Crippen molar-refractivity contribution in [3.05, 3.63) is 33.9 Å². The molecule has 152 valence electrons. The van der Waals surface area contributed by atoms with E-state index in [2.05, 4.69) is 5.32 Å². The van der Waals surface area contributed by atoms with Crippen LogP contribution < -0.4 is 10.1 Å². The Kier molecular flexibility index (Phi) is 6.22. The first-order chi connectivity index (χ1) is 13.0. The van der Waals surface area contributed by atoms with Crippen molar-refractivity contribution in [3.63, 3.8) is 0 Å². The first kappa shape index (κ1) is 21.1. The van der Waals surface area contributed by atoms with Gasteiger partial charge in [0, 0.05) is 18.7 Å². The number of methoxy groups -OCH3 is 1. The summed E-state index contributed by atoms with van der Waals surface area (Å²) in [6, 6.07) is 2.64. The maximum atomic E-state index is 12.6. The Bertz CT molecular complexity index is 801. The van der Waals surface area contributed by atoms with Crippen LogP contribution in [0.5, 0.6) is 5.75 Å². The largest absolute Gasteiger partial charge is 0.496 e. The number of carbonyl (C=O) groups excluding carboxylic acids is 3. The number of rotatable bonds is 4. The molecule has 1 aromatic rings. The first-order valence-corrected chi connectivity index (χ1v) is 8.70. The van der Waals surface area contributed by atoms with E-state index in [0.29, 0.717) is 19.4 Å². The maximum Gasteiger partial charge on any atom is 0.410 e. The van der Waals surface area contributed by atoms with E-state index in [4.69, 9.17) is 9.47 Å². The molecule has 1 aliphatic heterocycles. The second-order valence-electron chi connectivity index (χ2n) is 7.29. The summed E-state index contributed by atoms with van der Waals surface area (Å²) >= 11 is 0. The summed E-state index contributed by atoms with van der Waals surface area (Å²) in [7, 11) is 1.31. The molecule has 1 N–H and O–H groups in total. The zero-order valence-corrected chi connectivity index (χ0v) is 16.2. The van der Waals surface area contributed by atoms with E-state index in [1.807, 2.05) is 0 Å². The minimum Gasteiger partial charge on any atom is -0.496 e. The Morgan fingerprint density at radius 2 is 1.96 bits per heavy atom. The summed E-state index contributed by atoms with van der Waals surface area (Å²) in [5, 5.41) is 13.1. The first-order valence-electron chi connectivity index (χ1n) is 8.70. The van der Waals surface area contributed by atoms with Crippen molar-refractivity contribution in [2.45, 2.75) is 45.3 Å². The number of amides is 3. The SMILES string of the molecule is COc1ccc([N+](=O)[O-])cc1C(=O)NC(=O)[C@@H]1CCCN1C(=O)OC(C)(C)C. The predicted molar refractivity (Wildman–Crippen MR) is 98.1 cm³/mol. The van der Waals surface area contributed by atoms with Gasteiger partial charge in [-0.2, -0.15) is 0 Å². The van der Waals surface area contributed by atoms with Crippen LogP contribution in [0.2, 0.25) is 0 Å². The fourth-order valence-electron chi connectivity index (χ4n) is 2.83. The van der Waals surface area contributed by atoms with Crippen LogP contribution in [0.1, 0.15) is 44.0 Å². The van der Waals surface area contributed by atoms with Gasteiger partial charge in [-0.3, -0.25) is 29.9 Å². The van der Waals surface area contributed by atoms with Gasteiger partial charge in [0.1, 0.15) is 17.4 Å². The third-order valence-corrected chi connectivity index (χ3v) is 4.06. The Labute approximate surface area is 161 Å². The number of hydrogen-bond acceptors (Lipinski definition) is 7. The van der Waals surface area contributed by atoms with Gasteiger partial charge < -0.3 is 9.47 Å². The lowest BCUT2D eigenvalue weighted by molar-refractivity contribution is -0.384. The Balaban J connectivity index is 2.15. The standard InChI is InChI=1S/C18H23N3O7/c1-18(2,3)28-17(24)20-9-5-6-13(20)16(23)19-15(22)12-10-11(21(25)26)7-8-14(12)27-4/h7-8,10,13H,5-6,9H2,1-4H3,(H,19,22,23)/t13-/m0/s1. The van der Waals surface area contributed by atoms with Crippen LogP contribution in [0.4, 0.5) is 10.5 Å². The molecule has 0 spiro atoms. The summed E-state index contributed by atoms with van der Waals surface area (Å²) in [4.78, 5) is 48.9. The van der Waals surface area contributed by atoms with E-state index in [1.165, 1.54) is 24.1 Å². The van der Waals surface area contributed by atoms with E-state index >= 15 is 0 Å². The van der Waals surface area contributed by atoms with Gasteiger partial charge in [0.25, 0.3) is 11.6 Å². The minimum absolute atomic E-state index is 0.0892. The third-order valence-electron chi connectivity index (χ3n) is 4.06. The molecule has 1 heterocycles. The topological polar surface area (TPSA) is 128 Å². The average Bonchev–Trinajstić information content (AvgIpc) is 3.09. The minimum atomic E-state index is -0.858. The molecule has 10 heteroatoms. The van der Waals surface area contributed by atoms with Crippen LogP contribution in [0.15, 0.2) is 18.2 Å². The van der Waals surface area contributed by atoms with E-state index in [0.717, 1.165) is 6.07 Å². The van der Waals surface area contributed by atoms with Gasteiger partial charge in [-0.05, 0) is 39.7 Å². The number of hydrogen-bond donors (Lipinski definition) is 1. The van der Waals surface area contributed by atoms with Gasteiger partial charge in [-0.25, -0.2) is 4.79 Å². The van der Waals surface area contributed by atoms with Gasteiger partial charge in [-0.15, -0.1) is 0 Å². The molecule has 1 fully saturated rings. The molecule has 10 nitrogen and oxygen atoms in total. The lowest BCUT2D eigenvalue weighted by Gasteiger charge is -2.27. The van der Waals surface area contributed by atoms with E-state index < -0.39 is 34.5 Å². The van der Waals surface area contributed by atoms with Gasteiger partial charge in [-0.1, -0.05) is 0 Å². The van der Waals surface area contributed by atoms with Crippen LogP contribution >= 0.6 is 0 Å². The molecular formula is C18H23N3O7. The fraction of sp³-hybridized carbons (Fsp3) is 0.500. The van der Waals surface area contributed by atoms with E-state index in [9.17, 15) is 24.5 Å². The second kappa shape index (κ2) is 8.24. The molecule has 0 bridgehead atoms. The van der Waals surface area contributed by atoms with Crippen molar-refractivity contribution < 1.29 is 28.8 Å². The smallest absolute Gasteiger partial charge is 0.410 e. The summed E-state index contributed by atoms with van der Waals surface area (Å²) in [5.74, 6) is -1.44. The van der Waals surface area contributed by atoms with Crippen LogP contribution in [0.25, 0.3) is 0 Å². The van der Waals surface area contributed by atoms with Gasteiger partial charge >= 0.3 is 6.09 Å².